The van der Waals surface area contributed by atoms with E-state index in [-0.39, 0.29) is 0 Å². The molecule has 0 aromatic heterocycles. The number of unbranched alkanes of at least 4 members (excludes halogenated alkanes) is 1. The van der Waals surface area contributed by atoms with E-state index in [1.165, 1.54) is 6.42 Å². The fourth-order valence-electron chi connectivity index (χ4n) is 2.38. The Labute approximate surface area is 136 Å². The molecule has 2 atom stereocenters. The first kappa shape index (κ1) is 18.5. The van der Waals surface area contributed by atoms with Crippen LogP contribution in [0.3, 0.4) is 0 Å². The zero-order valence-electron chi connectivity index (χ0n) is 13.3. The number of benzene rings is 1. The van der Waals surface area contributed by atoms with Crippen LogP contribution in [0, 0.1) is 5.92 Å². The van der Waals surface area contributed by atoms with E-state index in [0.717, 1.165) is 35.0 Å². The number of aliphatic hydroxyl groups is 1. The van der Waals surface area contributed by atoms with Crippen LogP contribution in [0.25, 0.3) is 0 Å². The van der Waals surface area contributed by atoms with Crippen molar-refractivity contribution < 1.29 is 14.6 Å². The average molecular weight is 359 g/mol. The summed E-state index contributed by atoms with van der Waals surface area (Å²) in [6.45, 7) is 5.40. The predicted octanol–water partition coefficient (Wildman–Crippen LogP) is 4.72. The normalized spacial score (nSPS) is 14.0. The first-order valence-corrected chi connectivity index (χ1v) is 8.52. The molecule has 0 amide bonds. The van der Waals surface area contributed by atoms with Crippen LogP contribution in [-0.4, -0.2) is 25.4 Å². The third-order valence-electron chi connectivity index (χ3n) is 3.74. The van der Waals surface area contributed by atoms with Gasteiger partial charge < -0.3 is 14.6 Å². The molecular formula is C17H27BrO3. The number of hydrogen-bond acceptors (Lipinski definition) is 3. The van der Waals surface area contributed by atoms with Gasteiger partial charge in [0, 0.05) is 7.11 Å². The Bertz CT molecular complexity index is 409. The number of aliphatic hydroxyl groups excluding tert-OH is 1. The van der Waals surface area contributed by atoms with Gasteiger partial charge in [-0.1, -0.05) is 39.2 Å². The summed E-state index contributed by atoms with van der Waals surface area (Å²) in [5.41, 5.74) is 0.948. The van der Waals surface area contributed by atoms with Crippen molar-refractivity contribution in [3.63, 3.8) is 0 Å². The van der Waals surface area contributed by atoms with Crippen LogP contribution >= 0.6 is 15.9 Å². The van der Waals surface area contributed by atoms with Crippen molar-refractivity contribution in [2.24, 2.45) is 5.92 Å². The third kappa shape index (κ3) is 5.97. The van der Waals surface area contributed by atoms with Crippen molar-refractivity contribution in [2.45, 2.75) is 45.6 Å². The molecule has 0 saturated carbocycles. The van der Waals surface area contributed by atoms with Crippen molar-refractivity contribution in [2.75, 3.05) is 20.3 Å². The maximum atomic E-state index is 10.6. The summed E-state index contributed by atoms with van der Waals surface area (Å²) < 4.78 is 11.5. The maximum absolute atomic E-state index is 10.6. The molecule has 0 spiro atoms. The summed E-state index contributed by atoms with van der Waals surface area (Å²) in [5, 5.41) is 10.6. The van der Waals surface area contributed by atoms with E-state index in [0.29, 0.717) is 19.1 Å². The van der Waals surface area contributed by atoms with Gasteiger partial charge in [-0.15, -0.1) is 0 Å². The highest BCUT2D eigenvalue weighted by Gasteiger charge is 2.19. The van der Waals surface area contributed by atoms with Crippen LogP contribution in [0.15, 0.2) is 22.7 Å². The van der Waals surface area contributed by atoms with Gasteiger partial charge in [0.2, 0.25) is 0 Å². The number of hydrogen-bond donors (Lipinski definition) is 1. The molecule has 0 aliphatic rings. The standard InChI is InChI=1S/C17H27BrO3/c1-4-6-7-13(5-2)17(19)14-8-9-16(15(18)12-14)21-11-10-20-3/h8-9,12-13,17,19H,4-7,10-11H2,1-3H3. The lowest BCUT2D eigenvalue weighted by Crippen LogP contribution is -2.12. The fraction of sp³-hybridized carbons (Fsp3) is 0.647. The quantitative estimate of drug-likeness (QED) is 0.614. The first-order chi connectivity index (χ1) is 10.1. The van der Waals surface area contributed by atoms with Crippen LogP contribution in [-0.2, 0) is 4.74 Å². The first-order valence-electron chi connectivity index (χ1n) is 7.73. The van der Waals surface area contributed by atoms with Gasteiger partial charge >= 0.3 is 0 Å². The zero-order valence-corrected chi connectivity index (χ0v) is 14.9. The molecule has 0 saturated heterocycles. The van der Waals surface area contributed by atoms with Crippen LogP contribution in [0.1, 0.15) is 51.2 Å². The molecule has 0 bridgehead atoms. The molecule has 21 heavy (non-hydrogen) atoms. The average Bonchev–Trinajstić information content (AvgIpc) is 2.49. The molecule has 2 unspecified atom stereocenters. The SMILES string of the molecule is CCCCC(CC)C(O)c1ccc(OCCOC)c(Br)c1. The summed E-state index contributed by atoms with van der Waals surface area (Å²) in [5.74, 6) is 1.10. The summed E-state index contributed by atoms with van der Waals surface area (Å²) in [6, 6.07) is 5.82. The second kappa shape index (κ2) is 10.2. The molecule has 0 aliphatic carbocycles. The van der Waals surface area contributed by atoms with Crippen LogP contribution in [0.4, 0.5) is 0 Å². The lowest BCUT2D eigenvalue weighted by Gasteiger charge is -2.22. The highest BCUT2D eigenvalue weighted by molar-refractivity contribution is 9.10. The van der Waals surface area contributed by atoms with E-state index in [9.17, 15) is 5.11 Å². The van der Waals surface area contributed by atoms with Gasteiger partial charge in [0.25, 0.3) is 0 Å². The van der Waals surface area contributed by atoms with Crippen LogP contribution in [0.2, 0.25) is 0 Å². The van der Waals surface area contributed by atoms with E-state index >= 15 is 0 Å². The second-order valence-corrected chi connectivity index (χ2v) is 6.14. The Hall–Kier alpha value is -0.580. The molecule has 1 rings (SSSR count). The number of halogens is 1. The molecule has 0 radical (unpaired) electrons. The zero-order chi connectivity index (χ0) is 15.7. The Morgan fingerprint density at radius 2 is 2.00 bits per heavy atom. The van der Waals surface area contributed by atoms with Crippen molar-refractivity contribution >= 4 is 15.9 Å². The molecule has 0 fully saturated rings. The predicted molar refractivity (Wildman–Crippen MR) is 89.8 cm³/mol. The number of methoxy groups -OCH3 is 1. The number of rotatable bonds is 10. The Morgan fingerprint density at radius 1 is 1.24 bits per heavy atom. The van der Waals surface area contributed by atoms with Gasteiger partial charge in [0.05, 0.1) is 17.2 Å². The van der Waals surface area contributed by atoms with Crippen molar-refractivity contribution in [3.05, 3.63) is 28.2 Å². The molecule has 120 valence electrons. The number of ether oxygens (including phenoxy) is 2. The highest BCUT2D eigenvalue weighted by atomic mass is 79.9. The van der Waals surface area contributed by atoms with Gasteiger partial charge in [-0.25, -0.2) is 0 Å². The molecule has 4 heteroatoms. The van der Waals surface area contributed by atoms with Crippen molar-refractivity contribution in [3.8, 4) is 5.75 Å². The van der Waals surface area contributed by atoms with Crippen molar-refractivity contribution in [1.29, 1.82) is 0 Å². The minimum Gasteiger partial charge on any atom is -0.490 e. The minimum absolute atomic E-state index is 0.317. The summed E-state index contributed by atoms with van der Waals surface area (Å²) >= 11 is 3.51. The summed E-state index contributed by atoms with van der Waals surface area (Å²) in [4.78, 5) is 0. The molecule has 1 N–H and O–H groups in total. The molecular weight excluding hydrogens is 332 g/mol. The van der Waals surface area contributed by atoms with Gasteiger partial charge in [-0.2, -0.15) is 0 Å². The molecule has 0 aliphatic heterocycles. The second-order valence-electron chi connectivity index (χ2n) is 5.29. The van der Waals surface area contributed by atoms with E-state index in [1.807, 2.05) is 18.2 Å². The fourth-order valence-corrected chi connectivity index (χ4v) is 2.89. The lowest BCUT2D eigenvalue weighted by molar-refractivity contribution is 0.0987. The van der Waals surface area contributed by atoms with Crippen LogP contribution < -0.4 is 4.74 Å². The van der Waals surface area contributed by atoms with Gasteiger partial charge in [0.15, 0.2) is 0 Å². The summed E-state index contributed by atoms with van der Waals surface area (Å²) in [6.07, 6.45) is 3.97. The van der Waals surface area contributed by atoms with Crippen LogP contribution in [0.5, 0.6) is 5.75 Å². The Morgan fingerprint density at radius 3 is 2.57 bits per heavy atom. The maximum Gasteiger partial charge on any atom is 0.133 e. The van der Waals surface area contributed by atoms with E-state index in [2.05, 4.69) is 29.8 Å². The lowest BCUT2D eigenvalue weighted by atomic mass is 9.89. The highest BCUT2D eigenvalue weighted by Crippen LogP contribution is 2.33. The monoisotopic (exact) mass is 358 g/mol. The van der Waals surface area contributed by atoms with Gasteiger partial charge in [-0.05, 0) is 46.0 Å². The van der Waals surface area contributed by atoms with Crippen molar-refractivity contribution in [1.82, 2.24) is 0 Å². The summed E-state index contributed by atoms with van der Waals surface area (Å²) in [7, 11) is 1.65. The van der Waals surface area contributed by atoms with Gasteiger partial charge in [0.1, 0.15) is 12.4 Å². The molecule has 1 aromatic carbocycles. The molecule has 3 nitrogen and oxygen atoms in total. The van der Waals surface area contributed by atoms with E-state index in [1.54, 1.807) is 7.11 Å². The topological polar surface area (TPSA) is 38.7 Å². The minimum atomic E-state index is -0.411. The largest absolute Gasteiger partial charge is 0.490 e. The van der Waals surface area contributed by atoms with E-state index in [4.69, 9.17) is 9.47 Å². The Kier molecular flexibility index (Phi) is 8.97. The Balaban J connectivity index is 2.72. The van der Waals surface area contributed by atoms with E-state index < -0.39 is 6.10 Å². The third-order valence-corrected chi connectivity index (χ3v) is 4.36. The molecule has 0 heterocycles. The van der Waals surface area contributed by atoms with Gasteiger partial charge in [-0.3, -0.25) is 0 Å². The molecule has 1 aromatic rings. The smallest absolute Gasteiger partial charge is 0.133 e.